The zero-order chi connectivity index (χ0) is 23.5. The number of carbonyl (C=O) groups excluding carboxylic acids is 1. The minimum Gasteiger partial charge on any atom is -0.328 e. The molecule has 170 valence electrons. The number of amides is 1. The first-order chi connectivity index (χ1) is 16.6. The van der Waals surface area contributed by atoms with Crippen molar-refractivity contribution in [2.75, 3.05) is 10.6 Å². The van der Waals surface area contributed by atoms with E-state index in [4.69, 9.17) is 0 Å². The Labute approximate surface area is 199 Å². The highest BCUT2D eigenvalue weighted by atomic mass is 32.2. The van der Waals surface area contributed by atoms with Crippen molar-refractivity contribution in [3.63, 3.8) is 0 Å². The van der Waals surface area contributed by atoms with Gasteiger partial charge in [-0.1, -0.05) is 36.0 Å². The molecule has 34 heavy (non-hydrogen) atoms. The first-order valence-corrected chi connectivity index (χ1v) is 11.5. The second-order valence-electron chi connectivity index (χ2n) is 7.56. The van der Waals surface area contributed by atoms with Gasteiger partial charge in [0.15, 0.2) is 0 Å². The monoisotopic (exact) mass is 473 g/mol. The predicted molar refractivity (Wildman–Crippen MR) is 128 cm³/mol. The summed E-state index contributed by atoms with van der Waals surface area (Å²) in [5.41, 5.74) is 2.91. The van der Waals surface area contributed by atoms with Crippen molar-refractivity contribution in [2.45, 2.75) is 23.9 Å². The van der Waals surface area contributed by atoms with E-state index in [2.05, 4.69) is 30.7 Å². The lowest BCUT2D eigenvalue weighted by atomic mass is 9.98. The smallest absolute Gasteiger partial charge is 0.255 e. The van der Waals surface area contributed by atoms with Crippen LogP contribution in [-0.4, -0.2) is 30.6 Å². The molecule has 0 bridgehead atoms. The third-order valence-corrected chi connectivity index (χ3v) is 6.17. The maximum atomic E-state index is 14.0. The molecule has 0 aliphatic carbocycles. The molecule has 2 N–H and O–H groups in total. The third kappa shape index (κ3) is 4.40. The highest BCUT2D eigenvalue weighted by molar-refractivity contribution is 7.98. The molecule has 8 nitrogen and oxygen atoms in total. The van der Waals surface area contributed by atoms with Crippen LogP contribution in [0.3, 0.4) is 0 Å². The first kappa shape index (κ1) is 21.8. The Bertz CT molecular complexity index is 1360. The number of pyridine rings is 2. The second-order valence-corrected chi connectivity index (χ2v) is 8.50. The van der Waals surface area contributed by atoms with Crippen LogP contribution in [0, 0.1) is 5.82 Å². The Morgan fingerprint density at radius 3 is 2.76 bits per heavy atom. The van der Waals surface area contributed by atoms with E-state index in [1.807, 2.05) is 25.1 Å². The van der Waals surface area contributed by atoms with Gasteiger partial charge < -0.3 is 10.6 Å². The molecule has 1 aromatic carbocycles. The van der Waals surface area contributed by atoms with Gasteiger partial charge in [0.05, 0.1) is 23.2 Å². The molecule has 1 aliphatic heterocycles. The fraction of sp³-hybridized carbons (Fsp3) is 0.125. The topological polar surface area (TPSA) is 97.6 Å². The molecule has 0 saturated heterocycles. The van der Waals surface area contributed by atoms with Crippen LogP contribution >= 0.6 is 11.8 Å². The number of hydrogen-bond acceptors (Lipinski definition) is 7. The van der Waals surface area contributed by atoms with Crippen LogP contribution < -0.4 is 10.6 Å². The second kappa shape index (κ2) is 9.44. The van der Waals surface area contributed by atoms with Gasteiger partial charge in [-0.15, -0.1) is 5.10 Å². The molecule has 4 aromatic rings. The summed E-state index contributed by atoms with van der Waals surface area (Å²) in [5, 5.41) is 11.2. The van der Waals surface area contributed by atoms with E-state index < -0.39 is 6.04 Å². The fourth-order valence-corrected chi connectivity index (χ4v) is 4.51. The van der Waals surface area contributed by atoms with Crippen LogP contribution in [0.1, 0.15) is 24.2 Å². The van der Waals surface area contributed by atoms with Gasteiger partial charge >= 0.3 is 0 Å². The molecule has 5 rings (SSSR count). The molecule has 1 aliphatic rings. The lowest BCUT2D eigenvalue weighted by Gasteiger charge is -2.27. The van der Waals surface area contributed by atoms with Gasteiger partial charge in [0.1, 0.15) is 11.9 Å². The van der Waals surface area contributed by atoms with Gasteiger partial charge in [-0.25, -0.2) is 9.07 Å². The number of benzene rings is 1. The number of carbonyl (C=O) groups is 1. The third-order valence-electron chi connectivity index (χ3n) is 5.28. The summed E-state index contributed by atoms with van der Waals surface area (Å²) in [6, 6.07) is 15.1. The van der Waals surface area contributed by atoms with Crippen molar-refractivity contribution < 1.29 is 9.18 Å². The van der Waals surface area contributed by atoms with Crippen molar-refractivity contribution >= 4 is 29.3 Å². The quantitative estimate of drug-likeness (QED) is 0.400. The standard InChI is InChI=1S/C24H20FN7OS/c1-15-20(22(33)29-17-8-6-11-26-13-17)21(19-10-4-5-12-27-19)32-23(28-15)30-24(31-32)34-14-16-7-2-3-9-18(16)25/h2-13,21H,14H2,1H3,(H,29,33)(H,28,30,31)/t21-/m1/s1. The van der Waals surface area contributed by atoms with Crippen molar-refractivity contribution in [2.24, 2.45) is 0 Å². The van der Waals surface area contributed by atoms with Crippen LogP contribution in [0.4, 0.5) is 16.0 Å². The Balaban J connectivity index is 1.48. The summed E-state index contributed by atoms with van der Waals surface area (Å²) in [7, 11) is 0. The van der Waals surface area contributed by atoms with Gasteiger partial charge in [0, 0.05) is 23.8 Å². The highest BCUT2D eigenvalue weighted by Gasteiger charge is 2.35. The van der Waals surface area contributed by atoms with Gasteiger partial charge in [-0.2, -0.15) is 4.98 Å². The van der Waals surface area contributed by atoms with Gasteiger partial charge in [0.2, 0.25) is 11.1 Å². The lowest BCUT2D eigenvalue weighted by Crippen LogP contribution is -2.32. The number of anilines is 2. The summed E-state index contributed by atoms with van der Waals surface area (Å²) in [6.07, 6.45) is 4.90. The Morgan fingerprint density at radius 1 is 1.15 bits per heavy atom. The summed E-state index contributed by atoms with van der Waals surface area (Å²) in [4.78, 5) is 26.5. The molecule has 3 aromatic heterocycles. The molecule has 0 spiro atoms. The number of thioether (sulfide) groups is 1. The van der Waals surface area contributed by atoms with Crippen LogP contribution in [0.2, 0.25) is 0 Å². The van der Waals surface area contributed by atoms with Crippen molar-refractivity contribution in [3.05, 3.63) is 102 Å². The molecule has 0 saturated carbocycles. The first-order valence-electron chi connectivity index (χ1n) is 10.5. The van der Waals surface area contributed by atoms with Gasteiger partial charge in [0.25, 0.3) is 5.91 Å². The van der Waals surface area contributed by atoms with E-state index in [0.29, 0.717) is 45.1 Å². The maximum absolute atomic E-state index is 14.0. The Morgan fingerprint density at radius 2 is 2.00 bits per heavy atom. The average molecular weight is 474 g/mol. The van der Waals surface area contributed by atoms with Crippen molar-refractivity contribution in [3.8, 4) is 0 Å². The van der Waals surface area contributed by atoms with E-state index in [0.717, 1.165) is 0 Å². The number of aromatic nitrogens is 5. The van der Waals surface area contributed by atoms with Crippen molar-refractivity contribution in [1.82, 2.24) is 24.7 Å². The summed E-state index contributed by atoms with van der Waals surface area (Å²) >= 11 is 1.32. The van der Waals surface area contributed by atoms with Crippen LogP contribution in [-0.2, 0) is 10.5 Å². The number of halogens is 1. The largest absolute Gasteiger partial charge is 0.328 e. The van der Waals surface area contributed by atoms with E-state index in [1.165, 1.54) is 17.8 Å². The molecule has 0 radical (unpaired) electrons. The Hall–Kier alpha value is -4.05. The maximum Gasteiger partial charge on any atom is 0.255 e. The number of nitrogens with one attached hydrogen (secondary N) is 2. The zero-order valence-corrected chi connectivity index (χ0v) is 19.0. The number of rotatable bonds is 6. The summed E-state index contributed by atoms with van der Waals surface area (Å²) in [5.74, 6) is 0.304. The van der Waals surface area contributed by atoms with E-state index in [1.54, 1.807) is 53.6 Å². The normalized spacial score (nSPS) is 14.9. The summed E-state index contributed by atoms with van der Waals surface area (Å²) < 4.78 is 15.7. The molecule has 1 amide bonds. The number of allylic oxidation sites excluding steroid dienone is 1. The molecule has 1 atom stereocenters. The number of nitrogens with zero attached hydrogens (tertiary/aromatic N) is 5. The Kier molecular flexibility index (Phi) is 6.05. The predicted octanol–water partition coefficient (Wildman–Crippen LogP) is 4.43. The van der Waals surface area contributed by atoms with Crippen LogP contribution in [0.15, 0.2) is 89.6 Å². The van der Waals surface area contributed by atoms with Gasteiger partial charge in [-0.3, -0.25) is 14.8 Å². The minimum absolute atomic E-state index is 0.268. The lowest BCUT2D eigenvalue weighted by molar-refractivity contribution is -0.113. The fourth-order valence-electron chi connectivity index (χ4n) is 3.69. The molecule has 4 heterocycles. The molecule has 10 heteroatoms. The van der Waals surface area contributed by atoms with E-state index in [-0.39, 0.29) is 11.7 Å². The zero-order valence-electron chi connectivity index (χ0n) is 18.1. The van der Waals surface area contributed by atoms with Crippen molar-refractivity contribution in [1.29, 1.82) is 0 Å². The van der Waals surface area contributed by atoms with Gasteiger partial charge in [-0.05, 0) is 42.8 Å². The van der Waals surface area contributed by atoms with E-state index >= 15 is 0 Å². The highest BCUT2D eigenvalue weighted by Crippen LogP contribution is 2.36. The number of fused-ring (bicyclic) bond motifs is 1. The molecule has 0 unspecified atom stereocenters. The van der Waals surface area contributed by atoms with E-state index in [9.17, 15) is 9.18 Å². The number of hydrogen-bond donors (Lipinski definition) is 2. The SMILES string of the molecule is CC1=C(C(=O)Nc2cccnc2)[C@@H](c2ccccn2)n2nc(SCc3ccccc3F)nc2N1. The molecular formula is C24H20FN7OS. The van der Waals surface area contributed by atoms with Crippen LogP contribution in [0.25, 0.3) is 0 Å². The molecular weight excluding hydrogens is 453 g/mol. The molecule has 0 fully saturated rings. The minimum atomic E-state index is -0.593. The average Bonchev–Trinajstić information content (AvgIpc) is 3.26. The summed E-state index contributed by atoms with van der Waals surface area (Å²) in [6.45, 7) is 1.82. The van der Waals surface area contributed by atoms with Crippen LogP contribution in [0.5, 0.6) is 0 Å².